The van der Waals surface area contributed by atoms with E-state index in [-0.39, 0.29) is 4.90 Å². The first-order valence-corrected chi connectivity index (χ1v) is 9.04. The van der Waals surface area contributed by atoms with Crippen LogP contribution < -0.4 is 10.5 Å². The zero-order chi connectivity index (χ0) is 15.8. The second kappa shape index (κ2) is 5.61. The second-order valence-corrected chi connectivity index (χ2v) is 7.73. The highest BCUT2D eigenvalue weighted by molar-refractivity contribution is 7.89. The number of hydrogen-bond donors (Lipinski definition) is 2. The molecule has 6 heteroatoms. The van der Waals surface area contributed by atoms with E-state index in [9.17, 15) is 8.42 Å². The highest BCUT2D eigenvalue weighted by Crippen LogP contribution is 2.32. The van der Waals surface area contributed by atoms with Crippen molar-refractivity contribution in [1.82, 2.24) is 9.71 Å². The number of sulfonamides is 1. The lowest BCUT2D eigenvalue weighted by Crippen LogP contribution is -2.51. The molecule has 0 radical (unpaired) electrons. The molecule has 1 heterocycles. The molecule has 2 aromatic rings. The van der Waals surface area contributed by atoms with Gasteiger partial charge in [-0.25, -0.2) is 13.1 Å². The van der Waals surface area contributed by atoms with Crippen LogP contribution in [0.5, 0.6) is 0 Å². The Kier molecular flexibility index (Phi) is 3.92. The number of nitrogens with two attached hydrogens (primary N) is 1. The Labute approximate surface area is 131 Å². The molecule has 1 fully saturated rings. The highest BCUT2D eigenvalue weighted by atomic mass is 32.2. The number of aryl methyl sites for hydroxylation is 1. The van der Waals surface area contributed by atoms with Crippen LogP contribution in [0.2, 0.25) is 0 Å². The van der Waals surface area contributed by atoms with Crippen molar-refractivity contribution < 1.29 is 8.42 Å². The van der Waals surface area contributed by atoms with E-state index in [4.69, 9.17) is 5.73 Å². The summed E-state index contributed by atoms with van der Waals surface area (Å²) >= 11 is 0. The van der Waals surface area contributed by atoms with E-state index in [0.717, 1.165) is 36.8 Å². The largest absolute Gasteiger partial charge is 0.329 e. The summed E-state index contributed by atoms with van der Waals surface area (Å²) in [4.78, 5) is 4.59. The van der Waals surface area contributed by atoms with Gasteiger partial charge in [0.25, 0.3) is 0 Å². The van der Waals surface area contributed by atoms with Gasteiger partial charge in [-0.05, 0) is 43.5 Å². The molecule has 0 amide bonds. The molecular weight excluding hydrogens is 298 g/mol. The van der Waals surface area contributed by atoms with E-state index in [2.05, 4.69) is 9.71 Å². The van der Waals surface area contributed by atoms with Crippen LogP contribution in [0, 0.1) is 6.92 Å². The van der Waals surface area contributed by atoms with Crippen molar-refractivity contribution in [2.24, 2.45) is 5.73 Å². The van der Waals surface area contributed by atoms with Crippen LogP contribution in [0.4, 0.5) is 0 Å². The molecule has 1 aliphatic carbocycles. The summed E-state index contributed by atoms with van der Waals surface area (Å²) in [5.41, 5.74) is 7.03. The highest BCUT2D eigenvalue weighted by Gasteiger charge is 2.37. The second-order valence-electron chi connectivity index (χ2n) is 6.08. The van der Waals surface area contributed by atoms with Gasteiger partial charge in [-0.15, -0.1) is 0 Å². The molecule has 1 aromatic heterocycles. The maximum absolute atomic E-state index is 12.9. The fraction of sp³-hybridized carbons (Fsp3) is 0.438. The van der Waals surface area contributed by atoms with Crippen molar-refractivity contribution in [2.45, 2.75) is 43.0 Å². The molecule has 0 atom stereocenters. The molecule has 1 saturated carbocycles. The summed E-state index contributed by atoms with van der Waals surface area (Å²) in [6.45, 7) is 2.26. The Bertz CT molecular complexity index is 796. The lowest BCUT2D eigenvalue weighted by molar-refractivity contribution is 0.399. The van der Waals surface area contributed by atoms with Gasteiger partial charge >= 0.3 is 0 Å². The summed E-state index contributed by atoms with van der Waals surface area (Å²) in [6, 6.07) is 7.01. The summed E-state index contributed by atoms with van der Waals surface area (Å²) < 4.78 is 28.6. The van der Waals surface area contributed by atoms with Crippen LogP contribution >= 0.6 is 0 Å². The van der Waals surface area contributed by atoms with Crippen LogP contribution in [0.15, 0.2) is 35.4 Å². The van der Waals surface area contributed by atoms with Gasteiger partial charge in [0.05, 0.1) is 10.4 Å². The van der Waals surface area contributed by atoms with E-state index >= 15 is 0 Å². The van der Waals surface area contributed by atoms with Gasteiger partial charge in [0, 0.05) is 23.7 Å². The Morgan fingerprint density at radius 1 is 1.27 bits per heavy atom. The summed E-state index contributed by atoms with van der Waals surface area (Å²) in [6.07, 6.45) is 5.29. The molecule has 1 aliphatic rings. The van der Waals surface area contributed by atoms with E-state index in [1.807, 2.05) is 6.92 Å². The number of pyridine rings is 1. The smallest absolute Gasteiger partial charge is 0.241 e. The minimum Gasteiger partial charge on any atom is -0.329 e. The third kappa shape index (κ3) is 2.62. The lowest BCUT2D eigenvalue weighted by atomic mass is 10.0. The normalized spacial score (nSPS) is 17.9. The fourth-order valence-electron chi connectivity index (χ4n) is 3.26. The number of benzene rings is 1. The van der Waals surface area contributed by atoms with E-state index in [1.54, 1.807) is 30.5 Å². The first-order chi connectivity index (χ1) is 10.5. The maximum atomic E-state index is 12.9. The number of nitrogens with one attached hydrogen (secondary N) is 1. The number of fused-ring (bicyclic) bond motifs is 1. The van der Waals surface area contributed by atoms with Crippen molar-refractivity contribution in [3.05, 3.63) is 36.0 Å². The van der Waals surface area contributed by atoms with Crippen molar-refractivity contribution in [3.8, 4) is 0 Å². The molecule has 0 bridgehead atoms. The minimum absolute atomic E-state index is 0.279. The Hall–Kier alpha value is -1.50. The summed E-state index contributed by atoms with van der Waals surface area (Å²) in [5.74, 6) is 0. The first kappa shape index (κ1) is 15.4. The van der Waals surface area contributed by atoms with Crippen LogP contribution in [0.1, 0.15) is 31.2 Å². The predicted molar refractivity (Wildman–Crippen MR) is 87.1 cm³/mol. The average molecular weight is 319 g/mol. The summed E-state index contributed by atoms with van der Waals surface area (Å²) in [5, 5.41) is 0.653. The Morgan fingerprint density at radius 2 is 2.00 bits per heavy atom. The molecular formula is C16H21N3O2S. The number of hydrogen-bond acceptors (Lipinski definition) is 4. The van der Waals surface area contributed by atoms with Gasteiger partial charge in [0.2, 0.25) is 10.0 Å². The Morgan fingerprint density at radius 3 is 2.68 bits per heavy atom. The minimum atomic E-state index is -3.63. The number of nitrogens with zero attached hydrogens (tertiary/aromatic N) is 1. The monoisotopic (exact) mass is 319 g/mol. The van der Waals surface area contributed by atoms with Gasteiger partial charge in [0.1, 0.15) is 0 Å². The van der Waals surface area contributed by atoms with Crippen LogP contribution in [-0.2, 0) is 10.0 Å². The lowest BCUT2D eigenvalue weighted by Gasteiger charge is -2.28. The quantitative estimate of drug-likeness (QED) is 0.903. The van der Waals surface area contributed by atoms with Crippen molar-refractivity contribution in [3.63, 3.8) is 0 Å². The van der Waals surface area contributed by atoms with Crippen molar-refractivity contribution in [1.29, 1.82) is 0 Å². The maximum Gasteiger partial charge on any atom is 0.241 e. The molecule has 0 saturated heterocycles. The average Bonchev–Trinajstić information content (AvgIpc) is 2.96. The molecule has 0 unspecified atom stereocenters. The van der Waals surface area contributed by atoms with Crippen molar-refractivity contribution >= 4 is 20.9 Å². The SMILES string of the molecule is Cc1ccc(S(=O)(=O)NC2(CN)CCCC2)c2cccnc12. The topological polar surface area (TPSA) is 85.1 Å². The van der Waals surface area contributed by atoms with Crippen LogP contribution in [0.3, 0.4) is 0 Å². The standard InChI is InChI=1S/C16H21N3O2S/c1-12-6-7-14(13-5-4-10-18-15(12)13)22(20,21)19-16(11-17)8-2-3-9-16/h4-7,10,19H,2-3,8-9,11,17H2,1H3. The third-order valence-electron chi connectivity index (χ3n) is 4.52. The fourth-order valence-corrected chi connectivity index (χ4v) is 4.93. The Balaban J connectivity index is 2.08. The molecule has 5 nitrogen and oxygen atoms in total. The molecule has 22 heavy (non-hydrogen) atoms. The summed E-state index contributed by atoms with van der Waals surface area (Å²) in [7, 11) is -3.63. The molecule has 0 spiro atoms. The predicted octanol–water partition coefficient (Wildman–Crippen LogP) is 2.09. The molecule has 0 aliphatic heterocycles. The van der Waals surface area contributed by atoms with E-state index in [0.29, 0.717) is 11.9 Å². The van der Waals surface area contributed by atoms with Gasteiger partial charge in [-0.3, -0.25) is 4.98 Å². The van der Waals surface area contributed by atoms with Crippen molar-refractivity contribution in [2.75, 3.05) is 6.54 Å². The van der Waals surface area contributed by atoms with Gasteiger partial charge < -0.3 is 5.73 Å². The molecule has 3 N–H and O–H groups in total. The van der Waals surface area contributed by atoms with E-state index in [1.165, 1.54) is 0 Å². The molecule has 1 aromatic carbocycles. The van der Waals surface area contributed by atoms with Crippen LogP contribution in [-0.4, -0.2) is 25.5 Å². The van der Waals surface area contributed by atoms with E-state index < -0.39 is 15.6 Å². The van der Waals surface area contributed by atoms with Gasteiger partial charge in [-0.1, -0.05) is 18.9 Å². The zero-order valence-corrected chi connectivity index (χ0v) is 13.5. The molecule has 3 rings (SSSR count). The first-order valence-electron chi connectivity index (χ1n) is 7.56. The van der Waals surface area contributed by atoms with Gasteiger partial charge in [-0.2, -0.15) is 0 Å². The molecule has 118 valence electrons. The zero-order valence-electron chi connectivity index (χ0n) is 12.7. The van der Waals surface area contributed by atoms with Crippen LogP contribution in [0.25, 0.3) is 10.9 Å². The number of rotatable bonds is 4. The van der Waals surface area contributed by atoms with Gasteiger partial charge in [0.15, 0.2) is 0 Å². The number of aromatic nitrogens is 1. The third-order valence-corrected chi connectivity index (χ3v) is 6.16.